The average Bonchev–Trinajstić information content (AvgIpc) is 2.93. The van der Waals surface area contributed by atoms with Gasteiger partial charge in [-0.1, -0.05) is 23.7 Å². The van der Waals surface area contributed by atoms with Crippen molar-refractivity contribution in [2.45, 2.75) is 11.4 Å². The highest BCUT2D eigenvalue weighted by Gasteiger charge is 2.32. The number of hydrogen-bond donors (Lipinski definition) is 1. The van der Waals surface area contributed by atoms with E-state index in [-0.39, 0.29) is 4.90 Å². The van der Waals surface area contributed by atoms with Crippen molar-refractivity contribution in [1.29, 1.82) is 0 Å². The van der Waals surface area contributed by atoms with E-state index in [9.17, 15) is 12.8 Å². The summed E-state index contributed by atoms with van der Waals surface area (Å²) in [6.45, 7) is 3.02. The summed E-state index contributed by atoms with van der Waals surface area (Å²) in [7, 11) is -3.76. The monoisotopic (exact) mass is 375 g/mol. The largest absolute Gasteiger partial charge is 0.328 e. The number of nitrogens with zero attached hydrogens (tertiary/aromatic N) is 1. The molecule has 2 aromatic rings. The molecule has 23 heavy (non-hydrogen) atoms. The molecule has 4 nitrogen and oxygen atoms in total. The minimum Gasteiger partial charge on any atom is -0.328 e. The molecule has 0 saturated carbocycles. The molecule has 0 bridgehead atoms. The zero-order chi connectivity index (χ0) is 16.4. The molecular formula is C15H17ClFN2O2S2+. The van der Waals surface area contributed by atoms with E-state index in [0.717, 1.165) is 10.9 Å². The SMILES string of the molecule is O=S(=O)(c1ccccc1F)N1CC[NH+](Cc2ccc(Cl)s2)CC1. The molecule has 0 spiro atoms. The van der Waals surface area contributed by atoms with E-state index >= 15 is 0 Å². The van der Waals surface area contributed by atoms with Gasteiger partial charge < -0.3 is 4.90 Å². The van der Waals surface area contributed by atoms with Crippen molar-refractivity contribution in [2.24, 2.45) is 0 Å². The summed E-state index contributed by atoms with van der Waals surface area (Å²) in [5, 5.41) is 0. The van der Waals surface area contributed by atoms with E-state index in [1.807, 2.05) is 12.1 Å². The maximum Gasteiger partial charge on any atom is 0.246 e. The van der Waals surface area contributed by atoms with Crippen LogP contribution in [0.1, 0.15) is 4.88 Å². The van der Waals surface area contributed by atoms with E-state index in [0.29, 0.717) is 26.2 Å². The Morgan fingerprint density at radius 1 is 1.17 bits per heavy atom. The number of halogens is 2. The molecule has 1 aromatic heterocycles. The summed E-state index contributed by atoms with van der Waals surface area (Å²) >= 11 is 7.48. The number of nitrogens with one attached hydrogen (secondary N) is 1. The maximum atomic E-state index is 13.8. The molecule has 2 heterocycles. The number of sulfonamides is 1. The Hall–Kier alpha value is -0.990. The van der Waals surface area contributed by atoms with Gasteiger partial charge >= 0.3 is 0 Å². The Kier molecular flexibility index (Phi) is 5.03. The van der Waals surface area contributed by atoms with Crippen molar-refractivity contribution in [3.05, 3.63) is 51.4 Å². The highest BCUT2D eigenvalue weighted by molar-refractivity contribution is 7.89. The molecule has 1 N–H and O–H groups in total. The second-order valence-electron chi connectivity index (χ2n) is 5.47. The number of thiophene rings is 1. The first-order valence-corrected chi connectivity index (χ1v) is 9.93. The first-order chi connectivity index (χ1) is 11.0. The molecule has 1 aliphatic rings. The molecule has 0 aliphatic carbocycles. The van der Waals surface area contributed by atoms with Crippen molar-refractivity contribution >= 4 is 33.0 Å². The van der Waals surface area contributed by atoms with Crippen LogP contribution in [0.25, 0.3) is 0 Å². The standard InChI is InChI=1S/C15H16ClFN2O2S2/c16-15-6-5-12(22-15)11-18-7-9-19(10-8-18)23(20,21)14-4-2-1-3-13(14)17/h1-6H,7-11H2/p+1. The Balaban J connectivity index is 1.65. The Labute approximate surface area is 144 Å². The Bertz CT molecular complexity index is 786. The first-order valence-electron chi connectivity index (χ1n) is 7.29. The van der Waals surface area contributed by atoms with Crippen molar-refractivity contribution in [3.8, 4) is 0 Å². The van der Waals surface area contributed by atoms with Crippen LogP contribution in [-0.4, -0.2) is 38.9 Å². The molecular weight excluding hydrogens is 359 g/mol. The van der Waals surface area contributed by atoms with E-state index in [4.69, 9.17) is 11.6 Å². The van der Waals surface area contributed by atoms with Gasteiger partial charge in [0.2, 0.25) is 10.0 Å². The normalized spacial score (nSPS) is 17.5. The van der Waals surface area contributed by atoms with Gasteiger partial charge in [-0.05, 0) is 24.3 Å². The van der Waals surface area contributed by atoms with Crippen molar-refractivity contribution in [3.63, 3.8) is 0 Å². The zero-order valence-electron chi connectivity index (χ0n) is 12.3. The lowest BCUT2D eigenvalue weighted by Gasteiger charge is -2.31. The van der Waals surface area contributed by atoms with Crippen LogP contribution in [-0.2, 0) is 16.6 Å². The topological polar surface area (TPSA) is 41.8 Å². The summed E-state index contributed by atoms with van der Waals surface area (Å²) in [5.74, 6) is -0.699. The molecule has 0 unspecified atom stereocenters. The van der Waals surface area contributed by atoms with Gasteiger partial charge in [0, 0.05) is 0 Å². The fourth-order valence-corrected chi connectivity index (χ4v) is 5.37. The lowest BCUT2D eigenvalue weighted by Crippen LogP contribution is -3.13. The van der Waals surface area contributed by atoms with Gasteiger partial charge in [-0.3, -0.25) is 0 Å². The summed E-state index contributed by atoms with van der Waals surface area (Å²) in [4.78, 5) is 2.26. The third-order valence-corrected chi connectivity index (χ3v) is 7.10. The van der Waals surface area contributed by atoms with Crippen LogP contribution in [0.4, 0.5) is 4.39 Å². The number of rotatable bonds is 4. The van der Waals surface area contributed by atoms with E-state index in [1.165, 1.54) is 38.3 Å². The summed E-state index contributed by atoms with van der Waals surface area (Å²) < 4.78 is 41.0. The Morgan fingerprint density at radius 3 is 2.48 bits per heavy atom. The number of piperazine rings is 1. The highest BCUT2D eigenvalue weighted by Crippen LogP contribution is 2.21. The third kappa shape index (κ3) is 3.75. The van der Waals surface area contributed by atoms with E-state index in [1.54, 1.807) is 11.3 Å². The second-order valence-corrected chi connectivity index (χ2v) is 9.17. The molecule has 0 radical (unpaired) electrons. The minimum absolute atomic E-state index is 0.242. The van der Waals surface area contributed by atoms with Crippen LogP contribution in [0.5, 0.6) is 0 Å². The van der Waals surface area contributed by atoms with Gasteiger partial charge in [0.1, 0.15) is 17.3 Å². The lowest BCUT2D eigenvalue weighted by molar-refractivity contribution is -0.917. The van der Waals surface area contributed by atoms with Crippen molar-refractivity contribution in [1.82, 2.24) is 4.31 Å². The van der Waals surface area contributed by atoms with Crippen LogP contribution in [0.15, 0.2) is 41.3 Å². The number of hydrogen-bond acceptors (Lipinski definition) is 3. The van der Waals surface area contributed by atoms with Gasteiger partial charge in [-0.25, -0.2) is 12.8 Å². The molecule has 3 rings (SSSR count). The predicted octanol–water partition coefficient (Wildman–Crippen LogP) is 1.63. The van der Waals surface area contributed by atoms with Crippen molar-refractivity contribution in [2.75, 3.05) is 26.2 Å². The second kappa shape index (κ2) is 6.86. The van der Waals surface area contributed by atoms with Crippen molar-refractivity contribution < 1.29 is 17.7 Å². The van der Waals surface area contributed by atoms with Gasteiger partial charge in [0.25, 0.3) is 0 Å². The summed E-state index contributed by atoms with van der Waals surface area (Å²) in [6, 6.07) is 9.40. The van der Waals surface area contributed by atoms with Crippen LogP contribution in [0.2, 0.25) is 4.34 Å². The highest BCUT2D eigenvalue weighted by atomic mass is 35.5. The third-order valence-electron chi connectivity index (χ3n) is 3.94. The molecule has 0 amide bonds. The van der Waals surface area contributed by atoms with Crippen LogP contribution >= 0.6 is 22.9 Å². The van der Waals surface area contributed by atoms with E-state index in [2.05, 4.69) is 0 Å². The van der Waals surface area contributed by atoms with Crippen LogP contribution < -0.4 is 4.90 Å². The smallest absolute Gasteiger partial charge is 0.246 e. The lowest BCUT2D eigenvalue weighted by atomic mass is 10.3. The quantitative estimate of drug-likeness (QED) is 0.882. The molecule has 1 aromatic carbocycles. The average molecular weight is 376 g/mol. The fourth-order valence-electron chi connectivity index (χ4n) is 2.71. The minimum atomic E-state index is -3.76. The fraction of sp³-hybridized carbons (Fsp3) is 0.333. The molecule has 8 heteroatoms. The number of quaternary nitrogens is 1. The van der Waals surface area contributed by atoms with Crippen LogP contribution in [0, 0.1) is 5.82 Å². The van der Waals surface area contributed by atoms with Gasteiger partial charge in [-0.15, -0.1) is 11.3 Å². The Morgan fingerprint density at radius 2 is 1.87 bits per heavy atom. The van der Waals surface area contributed by atoms with Gasteiger partial charge in [0.15, 0.2) is 0 Å². The van der Waals surface area contributed by atoms with Crippen LogP contribution in [0.3, 0.4) is 0 Å². The molecule has 1 fully saturated rings. The summed E-state index contributed by atoms with van der Waals surface area (Å²) in [6.07, 6.45) is 0. The predicted molar refractivity (Wildman–Crippen MR) is 88.9 cm³/mol. The molecule has 1 saturated heterocycles. The molecule has 124 valence electrons. The molecule has 0 atom stereocenters. The summed E-state index contributed by atoms with van der Waals surface area (Å²) in [5.41, 5.74) is 0. The van der Waals surface area contributed by atoms with Gasteiger partial charge in [0.05, 0.1) is 35.4 Å². The van der Waals surface area contributed by atoms with E-state index < -0.39 is 15.8 Å². The maximum absolute atomic E-state index is 13.8. The first kappa shape index (κ1) is 16.9. The number of benzene rings is 1. The van der Waals surface area contributed by atoms with Gasteiger partial charge in [-0.2, -0.15) is 4.31 Å². The molecule has 1 aliphatic heterocycles. The zero-order valence-corrected chi connectivity index (χ0v) is 14.7.